The van der Waals surface area contributed by atoms with Gasteiger partial charge in [-0.2, -0.15) is 0 Å². The molecule has 0 spiro atoms. The van der Waals surface area contributed by atoms with Crippen LogP contribution in [0.15, 0.2) is 179 Å². The number of hydrogen-bond donors (Lipinski definition) is 0. The van der Waals surface area contributed by atoms with Gasteiger partial charge in [0, 0.05) is 50.3 Å². The summed E-state index contributed by atoms with van der Waals surface area (Å²) in [5.74, 6) is 0.938. The summed E-state index contributed by atoms with van der Waals surface area (Å²) in [6.45, 7) is 13.3. The van der Waals surface area contributed by atoms with E-state index in [1.165, 1.54) is 27.6 Å². The van der Waals surface area contributed by atoms with E-state index in [0.29, 0.717) is 11.8 Å². The molecule has 0 aliphatic carbocycles. The molecule has 4 nitrogen and oxygen atoms in total. The zero-order valence-corrected chi connectivity index (χ0v) is 36.0. The van der Waals surface area contributed by atoms with E-state index in [0.717, 1.165) is 94.2 Å². The van der Waals surface area contributed by atoms with E-state index >= 15 is 0 Å². The van der Waals surface area contributed by atoms with Crippen molar-refractivity contribution in [3.05, 3.63) is 192 Å². The van der Waals surface area contributed by atoms with Gasteiger partial charge in [0.25, 0.3) is 0 Å². The van der Waals surface area contributed by atoms with Crippen LogP contribution in [0.2, 0.25) is 0 Å². The number of nitrogens with zero attached hydrogens (tertiary/aromatic N) is 2. The minimum atomic E-state index is 0.469. The Hall–Kier alpha value is -7.30. The monoisotopic (exact) mass is 804 g/mol. The molecule has 0 aliphatic heterocycles. The summed E-state index contributed by atoms with van der Waals surface area (Å²) in [7, 11) is 0. The fraction of sp³-hybridized carbons (Fsp3) is 0.138. The maximum absolute atomic E-state index is 6.88. The van der Waals surface area contributed by atoms with E-state index in [1.54, 1.807) is 0 Å². The number of furan rings is 2. The normalized spacial score (nSPS) is 12.0. The number of anilines is 6. The Bertz CT molecular complexity index is 3500. The van der Waals surface area contributed by atoms with E-state index < -0.39 is 0 Å². The number of fused-ring (bicyclic) bond motifs is 9. The number of rotatable bonds is 8. The first-order valence-electron chi connectivity index (χ1n) is 21.8. The average Bonchev–Trinajstić information content (AvgIpc) is 3.83. The molecule has 11 rings (SSSR count). The van der Waals surface area contributed by atoms with Crippen molar-refractivity contribution < 1.29 is 8.83 Å². The van der Waals surface area contributed by atoms with Gasteiger partial charge in [-0.1, -0.05) is 100 Å². The maximum Gasteiger partial charge on any atom is 0.147 e. The van der Waals surface area contributed by atoms with Gasteiger partial charge >= 0.3 is 0 Å². The van der Waals surface area contributed by atoms with Crippen molar-refractivity contribution in [1.82, 2.24) is 0 Å². The summed E-state index contributed by atoms with van der Waals surface area (Å²) in [5, 5.41) is 8.79. The first-order chi connectivity index (χ1) is 30.2. The van der Waals surface area contributed by atoms with Gasteiger partial charge in [0.05, 0.1) is 5.39 Å². The standard InChI is InChI=1S/C58H48N2O2/c1-35(2)39-15-21-45(22-16-39)59(52-13-9-7-11-37(52)5)47-25-19-41-31-50-49-27-28-54-57(58(49)62-55(50)33-43(41)29-47)51-32-42-20-26-48(30-44(42)34-56(51)61-54)60(53-14-10-8-12-38(53)6)46-23-17-40(18-24-46)36(3)4/h7-36H,1-6H3. The lowest BCUT2D eigenvalue weighted by atomic mass is 10.0. The number of aryl methyl sites for hydroxylation is 2. The lowest BCUT2D eigenvalue weighted by molar-refractivity contribution is 0.663. The van der Waals surface area contributed by atoms with E-state index in [9.17, 15) is 0 Å². The van der Waals surface area contributed by atoms with Crippen LogP contribution < -0.4 is 9.80 Å². The highest BCUT2D eigenvalue weighted by atomic mass is 16.3. The molecule has 62 heavy (non-hydrogen) atoms. The molecule has 0 bridgehead atoms. The lowest BCUT2D eigenvalue weighted by Crippen LogP contribution is -2.11. The molecule has 4 heteroatoms. The highest BCUT2D eigenvalue weighted by Gasteiger charge is 2.21. The Balaban J connectivity index is 1.02. The quantitative estimate of drug-likeness (QED) is 0.153. The van der Waals surface area contributed by atoms with Crippen molar-refractivity contribution in [2.24, 2.45) is 0 Å². The largest absolute Gasteiger partial charge is 0.456 e. The van der Waals surface area contributed by atoms with Crippen molar-refractivity contribution in [2.75, 3.05) is 9.80 Å². The van der Waals surface area contributed by atoms with Crippen molar-refractivity contribution in [2.45, 2.75) is 53.4 Å². The molecule has 0 fully saturated rings. The Labute approximate surface area is 362 Å². The highest BCUT2D eigenvalue weighted by molar-refractivity contribution is 6.24. The van der Waals surface area contributed by atoms with Gasteiger partial charge in [0.15, 0.2) is 0 Å². The van der Waals surface area contributed by atoms with E-state index in [-0.39, 0.29) is 0 Å². The topological polar surface area (TPSA) is 32.8 Å². The molecule has 0 aliphatic rings. The molecule has 9 aromatic carbocycles. The number of benzene rings is 9. The third-order valence-electron chi connectivity index (χ3n) is 12.8. The van der Waals surface area contributed by atoms with E-state index in [4.69, 9.17) is 8.83 Å². The molecule has 0 radical (unpaired) electrons. The summed E-state index contributed by atoms with van der Waals surface area (Å²) < 4.78 is 13.5. The van der Waals surface area contributed by atoms with Gasteiger partial charge in [-0.25, -0.2) is 0 Å². The summed E-state index contributed by atoms with van der Waals surface area (Å²) in [4.78, 5) is 4.72. The SMILES string of the molecule is Cc1ccccc1N(c1ccc(C(C)C)cc1)c1ccc2cc3c(cc2c1)oc1c3ccc2oc3cc4cc(N(c5ccc(C(C)C)cc5)c5ccccc5C)ccc4cc3c21. The molecule has 302 valence electrons. The van der Waals surface area contributed by atoms with Gasteiger partial charge in [-0.3, -0.25) is 0 Å². The molecule has 0 amide bonds. The summed E-state index contributed by atoms with van der Waals surface area (Å²) in [6.07, 6.45) is 0. The Morgan fingerprint density at radius 1 is 0.371 bits per heavy atom. The fourth-order valence-electron chi connectivity index (χ4n) is 9.33. The third kappa shape index (κ3) is 6.29. The Morgan fingerprint density at radius 2 is 0.839 bits per heavy atom. The van der Waals surface area contributed by atoms with Crippen molar-refractivity contribution in [3.63, 3.8) is 0 Å². The first-order valence-corrected chi connectivity index (χ1v) is 21.8. The van der Waals surface area contributed by atoms with Crippen LogP contribution in [0.5, 0.6) is 0 Å². The number of hydrogen-bond acceptors (Lipinski definition) is 4. The smallest absolute Gasteiger partial charge is 0.147 e. The second-order valence-corrected chi connectivity index (χ2v) is 17.5. The van der Waals surface area contributed by atoms with Crippen molar-refractivity contribution in [3.8, 4) is 0 Å². The fourth-order valence-corrected chi connectivity index (χ4v) is 9.33. The van der Waals surface area contributed by atoms with Crippen LogP contribution in [0.25, 0.3) is 65.4 Å². The summed E-state index contributed by atoms with van der Waals surface area (Å²) in [6, 6.07) is 61.8. The molecule has 0 N–H and O–H groups in total. The second kappa shape index (κ2) is 14.7. The summed E-state index contributed by atoms with van der Waals surface area (Å²) >= 11 is 0. The van der Waals surface area contributed by atoms with Gasteiger partial charge in [0.1, 0.15) is 22.3 Å². The van der Waals surface area contributed by atoms with Crippen LogP contribution in [-0.4, -0.2) is 0 Å². The number of para-hydroxylation sites is 2. The molecular formula is C58H48N2O2. The minimum absolute atomic E-state index is 0.469. The minimum Gasteiger partial charge on any atom is -0.456 e. The molecular weight excluding hydrogens is 757 g/mol. The first kappa shape index (κ1) is 37.7. The van der Waals surface area contributed by atoms with Crippen LogP contribution in [-0.2, 0) is 0 Å². The van der Waals surface area contributed by atoms with Gasteiger partial charge < -0.3 is 18.6 Å². The van der Waals surface area contributed by atoms with Crippen LogP contribution >= 0.6 is 0 Å². The molecule has 11 aromatic rings. The molecule has 2 heterocycles. The molecule has 2 aromatic heterocycles. The van der Waals surface area contributed by atoms with Gasteiger partial charge in [0.2, 0.25) is 0 Å². The zero-order valence-electron chi connectivity index (χ0n) is 36.0. The average molecular weight is 805 g/mol. The van der Waals surface area contributed by atoms with Gasteiger partial charge in [-0.05, 0) is 167 Å². The molecule has 0 unspecified atom stereocenters. The van der Waals surface area contributed by atoms with Crippen molar-refractivity contribution >= 4 is 99.5 Å². The second-order valence-electron chi connectivity index (χ2n) is 17.5. The van der Waals surface area contributed by atoms with Gasteiger partial charge in [-0.15, -0.1) is 0 Å². The third-order valence-corrected chi connectivity index (χ3v) is 12.8. The maximum atomic E-state index is 6.88. The predicted octanol–water partition coefficient (Wildman–Crippen LogP) is 17.6. The van der Waals surface area contributed by atoms with E-state index in [2.05, 4.69) is 221 Å². The highest BCUT2D eigenvalue weighted by Crippen LogP contribution is 2.45. The van der Waals surface area contributed by atoms with E-state index in [1.807, 2.05) is 0 Å². The lowest BCUT2D eigenvalue weighted by Gasteiger charge is -2.27. The summed E-state index contributed by atoms with van der Waals surface area (Å²) in [5.41, 5.74) is 15.2. The van der Waals surface area contributed by atoms with Crippen LogP contribution in [0.1, 0.15) is 61.8 Å². The predicted molar refractivity (Wildman–Crippen MR) is 263 cm³/mol. The Kier molecular flexibility index (Phi) is 8.94. The zero-order chi connectivity index (χ0) is 42.2. The van der Waals surface area contributed by atoms with Crippen LogP contribution in [0, 0.1) is 13.8 Å². The molecule has 0 saturated heterocycles. The molecule has 0 saturated carbocycles. The molecule has 0 atom stereocenters. The van der Waals surface area contributed by atoms with Crippen LogP contribution in [0.4, 0.5) is 34.1 Å². The van der Waals surface area contributed by atoms with Crippen LogP contribution in [0.3, 0.4) is 0 Å². The Morgan fingerprint density at radius 3 is 1.34 bits per heavy atom. The van der Waals surface area contributed by atoms with Crippen molar-refractivity contribution in [1.29, 1.82) is 0 Å².